The first-order valence-electron chi connectivity index (χ1n) is 4.29. The van der Waals surface area contributed by atoms with E-state index in [1.165, 1.54) is 12.1 Å². The van der Waals surface area contributed by atoms with Gasteiger partial charge in [0, 0.05) is 0 Å². The summed E-state index contributed by atoms with van der Waals surface area (Å²) < 4.78 is 0. The maximum Gasteiger partial charge on any atom is 0.280 e. The zero-order valence-corrected chi connectivity index (χ0v) is 7.80. The van der Waals surface area contributed by atoms with Crippen molar-refractivity contribution in [3.05, 3.63) is 40.0 Å². The molecule has 1 N–H and O–H groups in total. The monoisotopic (exact) mass is 193 g/mol. The summed E-state index contributed by atoms with van der Waals surface area (Å²) in [6.07, 6.45) is 4.33. The lowest BCUT2D eigenvalue weighted by Gasteiger charge is -1.97. The van der Waals surface area contributed by atoms with Gasteiger partial charge in [-0.05, 0) is 18.6 Å². The van der Waals surface area contributed by atoms with E-state index in [2.05, 4.69) is 0 Å². The summed E-state index contributed by atoms with van der Waals surface area (Å²) in [5, 5.41) is 19.7. The van der Waals surface area contributed by atoms with Crippen molar-refractivity contribution in [1.82, 2.24) is 0 Å². The molecule has 74 valence electrons. The molecular formula is C10H11NO3. The number of nitrogens with zero attached hydrogens (tertiary/aromatic N) is 1. The highest BCUT2D eigenvalue weighted by molar-refractivity contribution is 5.62. The van der Waals surface area contributed by atoms with Gasteiger partial charge in [-0.2, -0.15) is 0 Å². The standard InChI is InChI=1S/C10H11NO3/c1-2-3-4-8-5-6-9(12)7-10(8)11(13)14/h3-7,12H,2H2,1H3/b4-3-. The second kappa shape index (κ2) is 4.41. The quantitative estimate of drug-likeness (QED) is 0.593. The third-order valence-corrected chi connectivity index (χ3v) is 1.74. The van der Waals surface area contributed by atoms with Crippen LogP contribution >= 0.6 is 0 Å². The van der Waals surface area contributed by atoms with Crippen molar-refractivity contribution in [3.63, 3.8) is 0 Å². The predicted octanol–water partition coefficient (Wildman–Crippen LogP) is 2.72. The minimum absolute atomic E-state index is 0.0744. The van der Waals surface area contributed by atoms with Crippen molar-refractivity contribution in [2.24, 2.45) is 0 Å². The number of allylic oxidation sites excluding steroid dienone is 1. The Hall–Kier alpha value is -1.84. The highest BCUT2D eigenvalue weighted by Gasteiger charge is 2.11. The van der Waals surface area contributed by atoms with Crippen LogP contribution < -0.4 is 0 Å². The summed E-state index contributed by atoms with van der Waals surface area (Å²) in [5.41, 5.74) is 0.435. The number of nitro benzene ring substituents is 1. The molecule has 0 radical (unpaired) electrons. The number of rotatable bonds is 3. The normalized spacial score (nSPS) is 10.6. The van der Waals surface area contributed by atoms with E-state index in [4.69, 9.17) is 5.11 Å². The van der Waals surface area contributed by atoms with Crippen LogP contribution in [0.3, 0.4) is 0 Å². The highest BCUT2D eigenvalue weighted by atomic mass is 16.6. The van der Waals surface area contributed by atoms with Crippen molar-refractivity contribution >= 4 is 11.8 Å². The third-order valence-electron chi connectivity index (χ3n) is 1.74. The molecule has 1 aromatic rings. The summed E-state index contributed by atoms with van der Waals surface area (Å²) in [7, 11) is 0. The molecule has 0 bridgehead atoms. The second-order valence-corrected chi connectivity index (χ2v) is 2.81. The smallest absolute Gasteiger partial charge is 0.280 e. The summed E-state index contributed by atoms with van der Waals surface area (Å²) in [5.74, 6) is -0.0923. The molecule has 0 aliphatic rings. The Morgan fingerprint density at radius 3 is 2.86 bits per heavy atom. The SMILES string of the molecule is CC/C=C\c1ccc(O)cc1[N+](=O)[O-]. The van der Waals surface area contributed by atoms with Crippen LogP contribution in [-0.4, -0.2) is 10.0 Å². The number of hydrogen-bond donors (Lipinski definition) is 1. The maximum atomic E-state index is 10.6. The first kappa shape index (κ1) is 10.2. The zero-order chi connectivity index (χ0) is 10.6. The Bertz CT molecular complexity index is 372. The largest absolute Gasteiger partial charge is 0.508 e. The summed E-state index contributed by atoms with van der Waals surface area (Å²) in [4.78, 5) is 10.1. The topological polar surface area (TPSA) is 63.4 Å². The van der Waals surface area contributed by atoms with Crippen LogP contribution in [-0.2, 0) is 0 Å². The van der Waals surface area contributed by atoms with Crippen LogP contribution in [0.25, 0.3) is 6.08 Å². The fourth-order valence-electron chi connectivity index (χ4n) is 1.08. The summed E-state index contributed by atoms with van der Waals surface area (Å²) in [6, 6.07) is 4.11. The summed E-state index contributed by atoms with van der Waals surface area (Å²) in [6.45, 7) is 1.95. The van der Waals surface area contributed by atoms with Gasteiger partial charge in [-0.15, -0.1) is 0 Å². The summed E-state index contributed by atoms with van der Waals surface area (Å²) >= 11 is 0. The minimum atomic E-state index is -0.505. The first-order chi connectivity index (χ1) is 6.65. The fraction of sp³-hybridized carbons (Fsp3) is 0.200. The Kier molecular flexibility index (Phi) is 3.23. The molecule has 0 aromatic heterocycles. The molecule has 0 amide bonds. The van der Waals surface area contributed by atoms with E-state index in [0.717, 1.165) is 12.5 Å². The molecular weight excluding hydrogens is 182 g/mol. The van der Waals surface area contributed by atoms with E-state index in [1.807, 2.05) is 13.0 Å². The maximum absolute atomic E-state index is 10.6. The lowest BCUT2D eigenvalue weighted by Crippen LogP contribution is -1.90. The number of benzene rings is 1. The second-order valence-electron chi connectivity index (χ2n) is 2.81. The van der Waals surface area contributed by atoms with Gasteiger partial charge in [0.05, 0.1) is 16.6 Å². The lowest BCUT2D eigenvalue weighted by atomic mass is 10.1. The Balaban J connectivity index is 3.15. The predicted molar refractivity (Wildman–Crippen MR) is 54.1 cm³/mol. The van der Waals surface area contributed by atoms with Crippen molar-refractivity contribution < 1.29 is 10.0 Å². The van der Waals surface area contributed by atoms with E-state index >= 15 is 0 Å². The molecule has 4 heteroatoms. The van der Waals surface area contributed by atoms with Gasteiger partial charge in [0.25, 0.3) is 5.69 Å². The third kappa shape index (κ3) is 2.32. The number of hydrogen-bond acceptors (Lipinski definition) is 3. The van der Waals surface area contributed by atoms with E-state index in [1.54, 1.807) is 6.08 Å². The molecule has 0 saturated carbocycles. The average Bonchev–Trinajstić information content (AvgIpc) is 2.15. The van der Waals surface area contributed by atoms with Crippen molar-refractivity contribution in [2.45, 2.75) is 13.3 Å². The van der Waals surface area contributed by atoms with Gasteiger partial charge in [0.1, 0.15) is 5.75 Å². The molecule has 14 heavy (non-hydrogen) atoms. The Labute approximate surface area is 81.6 Å². The molecule has 0 unspecified atom stereocenters. The van der Waals surface area contributed by atoms with Crippen molar-refractivity contribution in [2.75, 3.05) is 0 Å². The van der Waals surface area contributed by atoms with Gasteiger partial charge < -0.3 is 5.11 Å². The van der Waals surface area contributed by atoms with Crippen molar-refractivity contribution in [1.29, 1.82) is 0 Å². The molecule has 0 aliphatic heterocycles. The average molecular weight is 193 g/mol. The van der Waals surface area contributed by atoms with Gasteiger partial charge in [0.2, 0.25) is 0 Å². The number of nitro groups is 1. The fourth-order valence-corrected chi connectivity index (χ4v) is 1.08. The van der Waals surface area contributed by atoms with Gasteiger partial charge in [-0.1, -0.05) is 19.1 Å². The minimum Gasteiger partial charge on any atom is -0.508 e. The van der Waals surface area contributed by atoms with Gasteiger partial charge in [-0.25, -0.2) is 0 Å². The van der Waals surface area contributed by atoms with E-state index in [9.17, 15) is 10.1 Å². The number of aromatic hydroxyl groups is 1. The van der Waals surface area contributed by atoms with Crippen LogP contribution in [0.5, 0.6) is 5.75 Å². The van der Waals surface area contributed by atoms with Crippen LogP contribution in [0.4, 0.5) is 5.69 Å². The molecule has 4 nitrogen and oxygen atoms in total. The Morgan fingerprint density at radius 1 is 1.57 bits per heavy atom. The molecule has 0 fully saturated rings. The molecule has 1 aromatic carbocycles. The molecule has 0 saturated heterocycles. The van der Waals surface area contributed by atoms with Gasteiger partial charge in [0.15, 0.2) is 0 Å². The van der Waals surface area contributed by atoms with E-state index in [-0.39, 0.29) is 11.4 Å². The van der Waals surface area contributed by atoms with Crippen LogP contribution in [0.1, 0.15) is 18.9 Å². The van der Waals surface area contributed by atoms with Gasteiger partial charge in [-0.3, -0.25) is 10.1 Å². The van der Waals surface area contributed by atoms with E-state index < -0.39 is 4.92 Å². The number of phenolic OH excluding ortho intramolecular Hbond substituents is 1. The lowest BCUT2D eigenvalue weighted by molar-refractivity contribution is -0.385. The van der Waals surface area contributed by atoms with Crippen LogP contribution in [0, 0.1) is 10.1 Å². The molecule has 0 spiro atoms. The molecule has 0 atom stereocenters. The first-order valence-corrected chi connectivity index (χ1v) is 4.29. The molecule has 1 rings (SSSR count). The Morgan fingerprint density at radius 2 is 2.29 bits per heavy atom. The molecule has 0 heterocycles. The molecule has 0 aliphatic carbocycles. The van der Waals surface area contributed by atoms with E-state index in [0.29, 0.717) is 5.56 Å². The van der Waals surface area contributed by atoms with Crippen LogP contribution in [0.2, 0.25) is 0 Å². The van der Waals surface area contributed by atoms with Crippen LogP contribution in [0.15, 0.2) is 24.3 Å². The zero-order valence-electron chi connectivity index (χ0n) is 7.80. The van der Waals surface area contributed by atoms with Gasteiger partial charge >= 0.3 is 0 Å². The van der Waals surface area contributed by atoms with Crippen molar-refractivity contribution in [3.8, 4) is 5.75 Å². The highest BCUT2D eigenvalue weighted by Crippen LogP contribution is 2.24. The number of phenols is 1.